The normalized spacial score (nSPS) is 22.7. The van der Waals surface area contributed by atoms with Crippen LogP contribution >= 0.6 is 0 Å². The number of primary amides is 1. The van der Waals surface area contributed by atoms with Gasteiger partial charge >= 0.3 is 0 Å². The topological polar surface area (TPSA) is 118 Å². The summed E-state index contributed by atoms with van der Waals surface area (Å²) in [4.78, 5) is 22.8. The minimum absolute atomic E-state index is 0.0281. The first-order chi connectivity index (χ1) is 8.62. The van der Waals surface area contributed by atoms with Crippen LogP contribution in [0.25, 0.3) is 0 Å². The first-order valence-electron chi connectivity index (χ1n) is 6.13. The Labute approximate surface area is 113 Å². The number of nitrogens with two attached hydrogens (primary N) is 1. The van der Waals surface area contributed by atoms with Crippen LogP contribution in [-0.4, -0.2) is 50.9 Å². The molecule has 0 bridgehead atoms. The summed E-state index contributed by atoms with van der Waals surface area (Å²) in [5.41, 5.74) is 4.38. The van der Waals surface area contributed by atoms with E-state index >= 15 is 0 Å². The molecule has 7 nitrogen and oxygen atoms in total. The maximum atomic E-state index is 11.7. The molecule has 0 saturated carbocycles. The van der Waals surface area contributed by atoms with E-state index in [9.17, 15) is 18.0 Å². The molecule has 0 aromatic heterocycles. The van der Waals surface area contributed by atoms with Gasteiger partial charge in [-0.2, -0.15) is 0 Å². The number of hydrogen-bond acceptors (Lipinski definition) is 5. The molecule has 1 fully saturated rings. The van der Waals surface area contributed by atoms with Crippen molar-refractivity contribution in [3.05, 3.63) is 0 Å². The van der Waals surface area contributed by atoms with Gasteiger partial charge in [0.2, 0.25) is 11.8 Å². The summed E-state index contributed by atoms with van der Waals surface area (Å²) >= 11 is 0. The minimum Gasteiger partial charge on any atom is -0.369 e. The van der Waals surface area contributed by atoms with E-state index in [1.807, 2.05) is 0 Å². The number of hydrogen-bond donors (Lipinski definition) is 3. The Morgan fingerprint density at radius 2 is 2.05 bits per heavy atom. The Morgan fingerprint density at radius 1 is 1.42 bits per heavy atom. The molecule has 1 aliphatic heterocycles. The van der Waals surface area contributed by atoms with Gasteiger partial charge in [0.25, 0.3) is 0 Å². The predicted molar refractivity (Wildman–Crippen MR) is 71.0 cm³/mol. The molecule has 0 aliphatic carbocycles. The van der Waals surface area contributed by atoms with Crippen LogP contribution in [-0.2, 0) is 19.4 Å². The number of rotatable bonds is 5. The predicted octanol–water partition coefficient (Wildman–Crippen LogP) is -1.61. The third kappa shape index (κ3) is 5.15. The molecule has 8 heteroatoms. The van der Waals surface area contributed by atoms with Crippen molar-refractivity contribution in [2.75, 3.05) is 24.6 Å². The summed E-state index contributed by atoms with van der Waals surface area (Å²) in [6.45, 7) is 3.78. The number of amides is 2. The Hall–Kier alpha value is -1.15. The fourth-order valence-corrected chi connectivity index (χ4v) is 3.15. The molecular weight excluding hydrogens is 270 g/mol. The molecule has 0 radical (unpaired) electrons. The lowest BCUT2D eigenvalue weighted by Gasteiger charge is -2.24. The zero-order valence-corrected chi connectivity index (χ0v) is 12.0. The molecule has 0 aromatic rings. The lowest BCUT2D eigenvalue weighted by molar-refractivity contribution is -0.127. The van der Waals surface area contributed by atoms with Gasteiger partial charge in [0.05, 0.1) is 16.9 Å². The van der Waals surface area contributed by atoms with Crippen LogP contribution in [0.1, 0.15) is 20.3 Å². The van der Waals surface area contributed by atoms with Crippen molar-refractivity contribution in [1.29, 1.82) is 0 Å². The molecule has 1 aliphatic rings. The molecule has 0 aromatic carbocycles. The maximum Gasteiger partial charge on any atom is 0.224 e. The number of nitrogens with one attached hydrogen (secondary N) is 2. The van der Waals surface area contributed by atoms with Gasteiger partial charge in [-0.05, 0) is 13.8 Å². The van der Waals surface area contributed by atoms with Crippen LogP contribution in [0.5, 0.6) is 0 Å². The first-order valence-corrected chi connectivity index (χ1v) is 7.95. The summed E-state index contributed by atoms with van der Waals surface area (Å²) in [5.74, 6) is -0.700. The second-order valence-corrected chi connectivity index (χ2v) is 7.72. The largest absolute Gasteiger partial charge is 0.369 e. The Morgan fingerprint density at radius 3 is 2.58 bits per heavy atom. The van der Waals surface area contributed by atoms with Crippen LogP contribution < -0.4 is 16.4 Å². The van der Waals surface area contributed by atoms with E-state index < -0.39 is 21.2 Å². The van der Waals surface area contributed by atoms with E-state index in [4.69, 9.17) is 5.73 Å². The van der Waals surface area contributed by atoms with Gasteiger partial charge in [0, 0.05) is 25.6 Å². The van der Waals surface area contributed by atoms with Gasteiger partial charge in [0.1, 0.15) is 0 Å². The van der Waals surface area contributed by atoms with Gasteiger partial charge in [-0.3, -0.25) is 9.59 Å². The zero-order valence-electron chi connectivity index (χ0n) is 11.2. The second kappa shape index (κ2) is 5.87. The molecule has 1 atom stereocenters. The van der Waals surface area contributed by atoms with Crippen molar-refractivity contribution in [3.63, 3.8) is 0 Å². The lowest BCUT2D eigenvalue weighted by atomic mass is 9.93. The highest BCUT2D eigenvalue weighted by Crippen LogP contribution is 2.12. The van der Waals surface area contributed by atoms with Gasteiger partial charge < -0.3 is 16.4 Å². The van der Waals surface area contributed by atoms with Gasteiger partial charge in [0.15, 0.2) is 9.84 Å². The van der Waals surface area contributed by atoms with Crippen molar-refractivity contribution < 1.29 is 18.0 Å². The third-order valence-corrected chi connectivity index (χ3v) is 4.86. The molecule has 0 spiro atoms. The van der Waals surface area contributed by atoms with Crippen LogP contribution in [0.3, 0.4) is 0 Å². The average molecular weight is 291 g/mol. The van der Waals surface area contributed by atoms with Crippen molar-refractivity contribution >= 4 is 21.7 Å². The number of carbonyl (C=O) groups excluding carboxylic acids is 2. The van der Waals surface area contributed by atoms with E-state index in [0.29, 0.717) is 6.54 Å². The fourth-order valence-electron chi connectivity index (χ4n) is 1.70. The summed E-state index contributed by atoms with van der Waals surface area (Å²) in [7, 11) is -3.05. The highest BCUT2D eigenvalue weighted by atomic mass is 32.2. The second-order valence-electron chi connectivity index (χ2n) is 5.49. The monoisotopic (exact) mass is 291 g/mol. The molecule has 110 valence electrons. The van der Waals surface area contributed by atoms with Crippen molar-refractivity contribution in [3.8, 4) is 0 Å². The number of sulfone groups is 1. The Balaban J connectivity index is 2.42. The molecular formula is C11H21N3O4S. The van der Waals surface area contributed by atoms with Crippen LogP contribution in [0, 0.1) is 5.41 Å². The summed E-state index contributed by atoms with van der Waals surface area (Å²) in [6.07, 6.45) is 0.0775. The first kappa shape index (κ1) is 15.9. The van der Waals surface area contributed by atoms with Crippen molar-refractivity contribution in [1.82, 2.24) is 10.6 Å². The van der Waals surface area contributed by atoms with Crippen molar-refractivity contribution in [2.45, 2.75) is 26.3 Å². The Kier molecular flexibility index (Phi) is 4.92. The SMILES string of the molecule is CC(C)(CNC(=O)CC1CS(=O)(=O)CCN1)C(N)=O. The Bertz CT molecular complexity index is 459. The smallest absolute Gasteiger partial charge is 0.224 e. The third-order valence-electron chi connectivity index (χ3n) is 3.13. The molecule has 1 unspecified atom stereocenters. The maximum absolute atomic E-state index is 11.7. The molecule has 2 amide bonds. The molecule has 19 heavy (non-hydrogen) atoms. The van der Waals surface area contributed by atoms with E-state index in [-0.39, 0.29) is 36.4 Å². The highest BCUT2D eigenvalue weighted by molar-refractivity contribution is 7.91. The molecule has 1 saturated heterocycles. The van der Waals surface area contributed by atoms with E-state index in [1.54, 1.807) is 13.8 Å². The molecule has 1 rings (SSSR count). The minimum atomic E-state index is -3.05. The average Bonchev–Trinajstić information content (AvgIpc) is 2.25. The van der Waals surface area contributed by atoms with Crippen LogP contribution in [0.2, 0.25) is 0 Å². The van der Waals surface area contributed by atoms with E-state index in [2.05, 4.69) is 10.6 Å². The fraction of sp³-hybridized carbons (Fsp3) is 0.818. The quantitative estimate of drug-likeness (QED) is 0.563. The van der Waals surface area contributed by atoms with E-state index in [0.717, 1.165) is 0 Å². The summed E-state index contributed by atoms with van der Waals surface area (Å²) in [6, 6.07) is -0.365. The highest BCUT2D eigenvalue weighted by Gasteiger charge is 2.28. The van der Waals surface area contributed by atoms with Gasteiger partial charge in [-0.25, -0.2) is 8.42 Å². The summed E-state index contributed by atoms with van der Waals surface area (Å²) < 4.78 is 22.8. The van der Waals surface area contributed by atoms with Crippen molar-refractivity contribution in [2.24, 2.45) is 11.1 Å². The standard InChI is InChI=1S/C11H21N3O4S/c1-11(2,10(12)16)7-14-9(15)5-8-6-19(17,18)4-3-13-8/h8,13H,3-7H2,1-2H3,(H2,12,16)(H,14,15). The van der Waals surface area contributed by atoms with Crippen LogP contribution in [0.15, 0.2) is 0 Å². The van der Waals surface area contributed by atoms with E-state index in [1.165, 1.54) is 0 Å². The van der Waals surface area contributed by atoms with Gasteiger partial charge in [-0.15, -0.1) is 0 Å². The summed E-state index contributed by atoms with van der Waals surface area (Å²) in [5, 5.41) is 5.60. The van der Waals surface area contributed by atoms with Gasteiger partial charge in [-0.1, -0.05) is 0 Å². The zero-order chi connectivity index (χ0) is 14.7. The van der Waals surface area contributed by atoms with Crippen LogP contribution in [0.4, 0.5) is 0 Å². The molecule has 1 heterocycles. The lowest BCUT2D eigenvalue weighted by Crippen LogP contribution is -2.48. The number of carbonyl (C=O) groups is 2. The molecule has 4 N–H and O–H groups in total.